The van der Waals surface area contributed by atoms with Crippen LogP contribution >= 0.6 is 11.8 Å². The van der Waals surface area contributed by atoms with E-state index in [9.17, 15) is 4.79 Å². The Bertz CT molecular complexity index is 404. The molecule has 102 valence electrons. The van der Waals surface area contributed by atoms with Crippen LogP contribution in [-0.4, -0.2) is 31.6 Å². The van der Waals surface area contributed by atoms with Crippen LogP contribution in [0.25, 0.3) is 0 Å². The SMILES string of the molecule is CCc1nnc(SCC(=O)O)n1C(CC)C(C)C. The molecular weight excluding hydrogens is 250 g/mol. The number of aryl methyl sites for hydroxylation is 1. The minimum absolute atomic E-state index is 0.0242. The second-order valence-electron chi connectivity index (χ2n) is 4.52. The molecule has 0 spiro atoms. The van der Waals surface area contributed by atoms with Gasteiger partial charge < -0.3 is 9.67 Å². The van der Waals surface area contributed by atoms with Gasteiger partial charge in [0, 0.05) is 12.5 Å². The molecule has 0 saturated heterocycles. The van der Waals surface area contributed by atoms with Gasteiger partial charge >= 0.3 is 5.97 Å². The van der Waals surface area contributed by atoms with E-state index in [1.54, 1.807) is 0 Å². The number of carbonyl (C=O) groups is 1. The van der Waals surface area contributed by atoms with Crippen molar-refractivity contribution in [3.8, 4) is 0 Å². The summed E-state index contributed by atoms with van der Waals surface area (Å²) in [5, 5.41) is 17.8. The molecule has 0 radical (unpaired) electrons. The van der Waals surface area contributed by atoms with E-state index in [0.717, 1.165) is 23.8 Å². The average molecular weight is 271 g/mol. The van der Waals surface area contributed by atoms with E-state index in [4.69, 9.17) is 5.11 Å². The molecule has 0 aromatic carbocycles. The van der Waals surface area contributed by atoms with Gasteiger partial charge in [-0.25, -0.2) is 0 Å². The minimum atomic E-state index is -0.829. The van der Waals surface area contributed by atoms with Gasteiger partial charge in [-0.1, -0.05) is 39.5 Å². The van der Waals surface area contributed by atoms with E-state index in [2.05, 4.69) is 35.5 Å². The Morgan fingerprint density at radius 1 is 1.39 bits per heavy atom. The summed E-state index contributed by atoms with van der Waals surface area (Å²) in [7, 11) is 0. The summed E-state index contributed by atoms with van der Waals surface area (Å²) in [6.07, 6.45) is 1.80. The molecule has 1 rings (SSSR count). The van der Waals surface area contributed by atoms with Crippen molar-refractivity contribution in [1.29, 1.82) is 0 Å². The van der Waals surface area contributed by atoms with Crippen LogP contribution in [0.4, 0.5) is 0 Å². The molecule has 0 saturated carbocycles. The number of carboxylic acids is 1. The fourth-order valence-electron chi connectivity index (χ4n) is 2.06. The van der Waals surface area contributed by atoms with Crippen LogP contribution in [0.1, 0.15) is 46.0 Å². The number of aliphatic carboxylic acids is 1. The molecule has 5 nitrogen and oxygen atoms in total. The number of thioether (sulfide) groups is 1. The first-order valence-electron chi connectivity index (χ1n) is 6.29. The third-order valence-corrected chi connectivity index (χ3v) is 3.82. The molecule has 1 aromatic heterocycles. The molecule has 1 aromatic rings. The van der Waals surface area contributed by atoms with E-state index < -0.39 is 5.97 Å². The van der Waals surface area contributed by atoms with E-state index in [1.165, 1.54) is 11.8 Å². The largest absolute Gasteiger partial charge is 0.481 e. The van der Waals surface area contributed by atoms with Gasteiger partial charge in [-0.05, 0) is 12.3 Å². The average Bonchev–Trinajstić information content (AvgIpc) is 2.70. The lowest BCUT2D eigenvalue weighted by Crippen LogP contribution is -2.18. The predicted octanol–water partition coefficient (Wildman–Crippen LogP) is 2.62. The lowest BCUT2D eigenvalue weighted by atomic mass is 10.0. The highest BCUT2D eigenvalue weighted by atomic mass is 32.2. The third-order valence-electron chi connectivity index (χ3n) is 2.90. The fourth-order valence-corrected chi connectivity index (χ4v) is 2.79. The number of carboxylic acid groups (broad SMARTS) is 1. The van der Waals surface area contributed by atoms with Crippen molar-refractivity contribution in [2.24, 2.45) is 5.92 Å². The molecule has 18 heavy (non-hydrogen) atoms. The van der Waals surface area contributed by atoms with Crippen molar-refractivity contribution in [3.05, 3.63) is 5.82 Å². The lowest BCUT2D eigenvalue weighted by Gasteiger charge is -2.23. The molecule has 1 heterocycles. The molecule has 1 unspecified atom stereocenters. The van der Waals surface area contributed by atoms with E-state index >= 15 is 0 Å². The summed E-state index contributed by atoms with van der Waals surface area (Å²) >= 11 is 1.24. The maximum Gasteiger partial charge on any atom is 0.313 e. The highest BCUT2D eigenvalue weighted by Crippen LogP contribution is 2.28. The smallest absolute Gasteiger partial charge is 0.313 e. The highest BCUT2D eigenvalue weighted by Gasteiger charge is 2.21. The zero-order valence-electron chi connectivity index (χ0n) is 11.4. The van der Waals surface area contributed by atoms with Gasteiger partial charge in [-0.15, -0.1) is 10.2 Å². The predicted molar refractivity (Wildman–Crippen MR) is 71.9 cm³/mol. The molecule has 1 N–H and O–H groups in total. The van der Waals surface area contributed by atoms with Crippen LogP contribution in [0.2, 0.25) is 0 Å². The summed E-state index contributed by atoms with van der Waals surface area (Å²) in [4.78, 5) is 10.7. The van der Waals surface area contributed by atoms with Crippen LogP contribution in [-0.2, 0) is 11.2 Å². The molecule has 0 aliphatic carbocycles. The maximum atomic E-state index is 10.7. The van der Waals surface area contributed by atoms with E-state index in [0.29, 0.717) is 12.0 Å². The number of aromatic nitrogens is 3. The first-order valence-corrected chi connectivity index (χ1v) is 7.28. The maximum absolute atomic E-state index is 10.7. The number of hydrogen-bond acceptors (Lipinski definition) is 4. The van der Waals surface area contributed by atoms with Crippen LogP contribution in [0, 0.1) is 5.92 Å². The number of rotatable bonds is 7. The minimum Gasteiger partial charge on any atom is -0.481 e. The van der Waals surface area contributed by atoms with Crippen LogP contribution in [0.5, 0.6) is 0 Å². The Morgan fingerprint density at radius 2 is 2.06 bits per heavy atom. The second-order valence-corrected chi connectivity index (χ2v) is 5.47. The van der Waals surface area contributed by atoms with Gasteiger partial charge in [-0.3, -0.25) is 4.79 Å². The topological polar surface area (TPSA) is 68.0 Å². The van der Waals surface area contributed by atoms with Gasteiger partial charge in [-0.2, -0.15) is 0 Å². The highest BCUT2D eigenvalue weighted by molar-refractivity contribution is 7.99. The van der Waals surface area contributed by atoms with Gasteiger partial charge in [0.15, 0.2) is 5.16 Å². The Kier molecular flexibility index (Phi) is 5.65. The van der Waals surface area contributed by atoms with Gasteiger partial charge in [0.1, 0.15) is 5.82 Å². The van der Waals surface area contributed by atoms with E-state index in [1.807, 2.05) is 6.92 Å². The zero-order chi connectivity index (χ0) is 13.7. The molecule has 0 bridgehead atoms. The standard InChI is InChI=1S/C12H21N3O2S/c1-5-9(8(3)4)15-10(6-2)13-14-12(15)18-7-11(16)17/h8-9H,5-7H2,1-4H3,(H,16,17). The van der Waals surface area contributed by atoms with Crippen LogP contribution < -0.4 is 0 Å². The Balaban J connectivity index is 3.04. The zero-order valence-corrected chi connectivity index (χ0v) is 12.2. The second kappa shape index (κ2) is 6.78. The Hall–Kier alpha value is -1.04. The van der Waals surface area contributed by atoms with Crippen molar-refractivity contribution in [2.45, 2.75) is 51.7 Å². The summed E-state index contributed by atoms with van der Waals surface area (Å²) in [5.41, 5.74) is 0. The van der Waals surface area contributed by atoms with Crippen LogP contribution in [0.3, 0.4) is 0 Å². The lowest BCUT2D eigenvalue weighted by molar-refractivity contribution is -0.133. The van der Waals surface area contributed by atoms with Crippen molar-refractivity contribution in [1.82, 2.24) is 14.8 Å². The fraction of sp³-hybridized carbons (Fsp3) is 0.750. The first kappa shape index (κ1) is 15.0. The van der Waals surface area contributed by atoms with Crippen molar-refractivity contribution >= 4 is 17.7 Å². The number of hydrogen-bond donors (Lipinski definition) is 1. The molecule has 0 aliphatic heterocycles. The number of nitrogens with zero attached hydrogens (tertiary/aromatic N) is 3. The van der Waals surface area contributed by atoms with Gasteiger partial charge in [0.2, 0.25) is 0 Å². The summed E-state index contributed by atoms with van der Waals surface area (Å²) in [6, 6.07) is 0.325. The molecule has 0 amide bonds. The third kappa shape index (κ3) is 3.48. The summed E-state index contributed by atoms with van der Waals surface area (Å²) in [5.74, 6) is 0.602. The van der Waals surface area contributed by atoms with Gasteiger partial charge in [0.25, 0.3) is 0 Å². The monoisotopic (exact) mass is 271 g/mol. The Morgan fingerprint density at radius 3 is 2.50 bits per heavy atom. The van der Waals surface area contributed by atoms with Crippen LogP contribution in [0.15, 0.2) is 5.16 Å². The van der Waals surface area contributed by atoms with Gasteiger partial charge in [0.05, 0.1) is 5.75 Å². The quantitative estimate of drug-likeness (QED) is 0.772. The molecule has 0 aliphatic rings. The van der Waals surface area contributed by atoms with Crippen molar-refractivity contribution < 1.29 is 9.90 Å². The molecule has 6 heteroatoms. The normalized spacial score (nSPS) is 12.9. The molecule has 0 fully saturated rings. The van der Waals surface area contributed by atoms with E-state index in [-0.39, 0.29) is 5.75 Å². The molecular formula is C12H21N3O2S. The first-order chi connectivity index (χ1) is 8.51. The summed E-state index contributed by atoms with van der Waals surface area (Å²) in [6.45, 7) is 8.51. The van der Waals surface area contributed by atoms with Crippen molar-refractivity contribution in [3.63, 3.8) is 0 Å². The molecule has 1 atom stereocenters. The van der Waals surface area contributed by atoms with Crippen molar-refractivity contribution in [2.75, 3.05) is 5.75 Å². The summed E-state index contributed by atoms with van der Waals surface area (Å²) < 4.78 is 2.11. The Labute approximate surface area is 112 Å².